The monoisotopic (exact) mass is 426 g/mol. The van der Waals surface area contributed by atoms with Crippen LogP contribution in [0.15, 0.2) is 0 Å². The molecule has 0 aromatic rings. The van der Waals surface area contributed by atoms with Crippen LogP contribution in [-0.2, 0) is 37.9 Å². The van der Waals surface area contributed by atoms with E-state index in [0.717, 1.165) is 65.1 Å². The van der Waals surface area contributed by atoms with Gasteiger partial charge in [-0.05, 0) is 25.7 Å². The zero-order valence-corrected chi connectivity index (χ0v) is 17.5. The summed E-state index contributed by atoms with van der Waals surface area (Å²) in [5, 5.41) is 0. The smallest absolute Gasteiger partial charge is 0.116 e. The van der Waals surface area contributed by atoms with Crippen LogP contribution in [0, 0.1) is 5.92 Å². The molecule has 6 fully saturated rings. The molecule has 6 rings (SSSR count). The molecule has 0 bridgehead atoms. The van der Waals surface area contributed by atoms with Gasteiger partial charge in [-0.1, -0.05) is 6.42 Å². The molecule has 8 heteroatoms. The Morgan fingerprint density at radius 2 is 1.50 bits per heavy atom. The maximum Gasteiger partial charge on any atom is 0.116 e. The van der Waals surface area contributed by atoms with Crippen molar-refractivity contribution in [2.45, 2.75) is 87.0 Å². The molecule has 0 spiro atoms. The van der Waals surface area contributed by atoms with Crippen LogP contribution in [0.4, 0.5) is 0 Å². The molecule has 10 unspecified atom stereocenters. The lowest BCUT2D eigenvalue weighted by Crippen LogP contribution is -2.32. The summed E-state index contributed by atoms with van der Waals surface area (Å²) in [4.78, 5) is 0. The Balaban J connectivity index is 1.02. The highest BCUT2D eigenvalue weighted by molar-refractivity contribution is 5.10. The molecule has 0 aromatic heterocycles. The molecule has 6 saturated heterocycles. The van der Waals surface area contributed by atoms with Gasteiger partial charge in [0, 0.05) is 12.5 Å². The summed E-state index contributed by atoms with van der Waals surface area (Å²) >= 11 is 0. The fraction of sp³-hybridized carbons (Fsp3) is 1.00. The first-order valence-corrected chi connectivity index (χ1v) is 11.8. The molecule has 0 aromatic carbocycles. The zero-order chi connectivity index (χ0) is 19.9. The van der Waals surface area contributed by atoms with Gasteiger partial charge in [-0.25, -0.2) is 0 Å². The highest BCUT2D eigenvalue weighted by Crippen LogP contribution is 2.48. The standard InChI is InChI=1S/C22H34O8/c1(3-13-8-24-13)4-16(19-21(29-19)22-20(30-22)18-12-28-18)17(27-11-15-10-26-15)5-2-6-23-7-14-9-25-14/h13-22H,1-12H2. The van der Waals surface area contributed by atoms with E-state index in [-0.39, 0.29) is 36.6 Å². The van der Waals surface area contributed by atoms with Crippen molar-refractivity contribution in [3.8, 4) is 0 Å². The summed E-state index contributed by atoms with van der Waals surface area (Å²) in [6, 6.07) is 0. The molecule has 0 radical (unpaired) electrons. The Labute approximate surface area is 177 Å². The quantitative estimate of drug-likeness (QED) is 0.252. The highest BCUT2D eigenvalue weighted by atomic mass is 16.7. The molecule has 6 heterocycles. The lowest BCUT2D eigenvalue weighted by molar-refractivity contribution is -0.0178. The van der Waals surface area contributed by atoms with Gasteiger partial charge in [0.2, 0.25) is 0 Å². The lowest BCUT2D eigenvalue weighted by atomic mass is 9.87. The molecule has 6 aliphatic heterocycles. The van der Waals surface area contributed by atoms with Crippen LogP contribution in [0.3, 0.4) is 0 Å². The zero-order valence-electron chi connectivity index (χ0n) is 17.5. The van der Waals surface area contributed by atoms with E-state index in [9.17, 15) is 0 Å². The first kappa shape index (κ1) is 20.3. The van der Waals surface area contributed by atoms with Crippen LogP contribution in [0.1, 0.15) is 32.1 Å². The summed E-state index contributed by atoms with van der Waals surface area (Å²) in [6.07, 6.45) is 7.79. The van der Waals surface area contributed by atoms with Crippen LogP contribution >= 0.6 is 0 Å². The summed E-state index contributed by atoms with van der Waals surface area (Å²) in [5.74, 6) is 0.379. The molecule has 0 saturated carbocycles. The first-order chi connectivity index (χ1) is 14.8. The molecule has 0 amide bonds. The average molecular weight is 427 g/mol. The molecular weight excluding hydrogens is 392 g/mol. The van der Waals surface area contributed by atoms with Crippen molar-refractivity contribution in [3.63, 3.8) is 0 Å². The Bertz CT molecular complexity index is 573. The van der Waals surface area contributed by atoms with Gasteiger partial charge in [-0.15, -0.1) is 0 Å². The van der Waals surface area contributed by atoms with E-state index in [1.807, 2.05) is 0 Å². The van der Waals surface area contributed by atoms with Crippen LogP contribution in [0.25, 0.3) is 0 Å². The van der Waals surface area contributed by atoms with Gasteiger partial charge in [0.05, 0.1) is 58.0 Å². The van der Waals surface area contributed by atoms with Crippen molar-refractivity contribution in [1.82, 2.24) is 0 Å². The third-order valence-corrected chi connectivity index (χ3v) is 6.92. The molecule has 30 heavy (non-hydrogen) atoms. The maximum absolute atomic E-state index is 6.40. The number of hydrogen-bond acceptors (Lipinski definition) is 8. The van der Waals surface area contributed by atoms with Gasteiger partial charge >= 0.3 is 0 Å². The summed E-state index contributed by atoms with van der Waals surface area (Å²) in [7, 11) is 0. The van der Waals surface area contributed by atoms with Crippen LogP contribution < -0.4 is 0 Å². The minimum absolute atomic E-state index is 0.166. The number of hydrogen-bond donors (Lipinski definition) is 0. The second kappa shape index (κ2) is 8.90. The highest BCUT2D eigenvalue weighted by Gasteiger charge is 2.64. The molecule has 0 N–H and O–H groups in total. The third kappa shape index (κ3) is 5.72. The van der Waals surface area contributed by atoms with E-state index >= 15 is 0 Å². The molecule has 8 nitrogen and oxygen atoms in total. The van der Waals surface area contributed by atoms with Crippen molar-refractivity contribution in [2.75, 3.05) is 46.2 Å². The maximum atomic E-state index is 6.40. The van der Waals surface area contributed by atoms with Crippen molar-refractivity contribution in [1.29, 1.82) is 0 Å². The average Bonchev–Trinajstić information content (AvgIpc) is 3.57. The Kier molecular flexibility index (Phi) is 6.02. The Hall–Kier alpha value is -0.320. The van der Waals surface area contributed by atoms with Crippen molar-refractivity contribution in [2.24, 2.45) is 5.92 Å². The largest absolute Gasteiger partial charge is 0.379 e. The van der Waals surface area contributed by atoms with Gasteiger partial charge in [0.25, 0.3) is 0 Å². The SMILES string of the molecule is C(COCC1CO1)CC(OCC1CO1)C(CCCC1CO1)C1OC1C1OC1C1CO1. The van der Waals surface area contributed by atoms with Gasteiger partial charge in [0.15, 0.2) is 0 Å². The number of epoxide rings is 6. The minimum Gasteiger partial charge on any atom is -0.379 e. The predicted octanol–water partition coefficient (Wildman–Crippen LogP) is 1.08. The molecular formula is C22H34O8. The third-order valence-electron chi connectivity index (χ3n) is 6.92. The van der Waals surface area contributed by atoms with E-state index in [1.165, 1.54) is 0 Å². The fourth-order valence-electron chi connectivity index (χ4n) is 4.65. The fourth-order valence-corrected chi connectivity index (χ4v) is 4.65. The Morgan fingerprint density at radius 1 is 0.733 bits per heavy atom. The summed E-state index contributed by atoms with van der Waals surface area (Å²) in [6.45, 7) is 5.57. The number of ether oxygens (including phenoxy) is 8. The van der Waals surface area contributed by atoms with Crippen LogP contribution in [0.5, 0.6) is 0 Å². The van der Waals surface area contributed by atoms with Gasteiger partial charge in [-0.2, -0.15) is 0 Å². The topological polar surface area (TPSA) is 93.6 Å². The number of rotatable bonds is 17. The van der Waals surface area contributed by atoms with Crippen molar-refractivity contribution in [3.05, 3.63) is 0 Å². The predicted molar refractivity (Wildman–Crippen MR) is 103 cm³/mol. The van der Waals surface area contributed by atoms with Gasteiger partial charge in [-0.3, -0.25) is 0 Å². The summed E-state index contributed by atoms with van der Waals surface area (Å²) in [5.41, 5.74) is 0. The Morgan fingerprint density at radius 3 is 2.23 bits per heavy atom. The van der Waals surface area contributed by atoms with E-state index in [4.69, 9.17) is 37.9 Å². The minimum atomic E-state index is 0.166. The van der Waals surface area contributed by atoms with E-state index < -0.39 is 0 Å². The van der Waals surface area contributed by atoms with E-state index in [0.29, 0.717) is 37.4 Å². The van der Waals surface area contributed by atoms with Crippen LogP contribution in [-0.4, -0.2) is 101 Å². The molecule has 170 valence electrons. The van der Waals surface area contributed by atoms with Crippen molar-refractivity contribution >= 4 is 0 Å². The summed E-state index contributed by atoms with van der Waals surface area (Å²) < 4.78 is 45.6. The van der Waals surface area contributed by atoms with Gasteiger partial charge < -0.3 is 37.9 Å². The second-order valence-corrected chi connectivity index (χ2v) is 9.55. The molecule has 10 atom stereocenters. The van der Waals surface area contributed by atoms with E-state index in [2.05, 4.69) is 0 Å². The van der Waals surface area contributed by atoms with Gasteiger partial charge in [0.1, 0.15) is 36.6 Å². The van der Waals surface area contributed by atoms with Crippen molar-refractivity contribution < 1.29 is 37.9 Å². The van der Waals surface area contributed by atoms with E-state index in [1.54, 1.807) is 0 Å². The second-order valence-electron chi connectivity index (χ2n) is 9.55. The lowest BCUT2D eigenvalue weighted by Gasteiger charge is -2.26. The molecule has 6 aliphatic rings. The molecule has 0 aliphatic carbocycles. The first-order valence-electron chi connectivity index (χ1n) is 11.8. The van der Waals surface area contributed by atoms with Crippen LogP contribution in [0.2, 0.25) is 0 Å². The normalized spacial score (nSPS) is 44.4.